The predicted molar refractivity (Wildman–Crippen MR) is 145 cm³/mol. The molecule has 8 nitrogen and oxygen atoms in total. The fourth-order valence-electron chi connectivity index (χ4n) is 5.05. The number of nitrogens with one attached hydrogen (secondary N) is 1. The topological polar surface area (TPSA) is 93.0 Å². The number of likely N-dealkylation sites (N-methyl/N-ethyl adjacent to an activating group) is 1. The zero-order valence-electron chi connectivity index (χ0n) is 21.8. The number of carbonyl (C=O) groups is 2. The Kier molecular flexibility index (Phi) is 7.51. The molecule has 0 bridgehead atoms. The zero-order valence-corrected chi connectivity index (χ0v) is 21.8. The van der Waals surface area contributed by atoms with Gasteiger partial charge in [0.05, 0.1) is 13.0 Å². The second kappa shape index (κ2) is 11.2. The van der Waals surface area contributed by atoms with Gasteiger partial charge in [0.2, 0.25) is 18.6 Å². The molecule has 0 aliphatic carbocycles. The molecule has 202 valence electrons. The summed E-state index contributed by atoms with van der Waals surface area (Å²) in [7, 11) is 1.65. The Balaban J connectivity index is 1.41. The third kappa shape index (κ3) is 5.44. The first-order valence-corrected chi connectivity index (χ1v) is 12.7. The monoisotopic (exact) mass is 531 g/mol. The number of nitrogens with zero attached hydrogens (tertiary/aromatic N) is 2. The largest absolute Gasteiger partial charge is 0.454 e. The first-order chi connectivity index (χ1) is 18.9. The van der Waals surface area contributed by atoms with Gasteiger partial charge in [-0.25, -0.2) is 4.39 Å². The maximum atomic E-state index is 14.1. The van der Waals surface area contributed by atoms with Crippen molar-refractivity contribution in [2.45, 2.75) is 32.4 Å². The summed E-state index contributed by atoms with van der Waals surface area (Å²) in [4.78, 5) is 28.6. The van der Waals surface area contributed by atoms with Gasteiger partial charge >= 0.3 is 0 Å². The van der Waals surface area contributed by atoms with Gasteiger partial charge in [0.25, 0.3) is 0 Å². The number of ether oxygens (including phenoxy) is 2. The standard InChI is InChI=1S/C30H30FN3O5/c1-19-23(24-15-21(31)8-10-26(24)34(19)12-13-35)17-29(36)32-25(14-20-6-4-3-5-7-20)30(37)33(2)22-9-11-27-28(16-22)39-18-38-27/h3-11,15-16,25,35H,12-14,17-18H2,1-2H3,(H,32,36)/t25-/m0/s1. The highest BCUT2D eigenvalue weighted by Crippen LogP contribution is 2.35. The van der Waals surface area contributed by atoms with E-state index in [2.05, 4.69) is 5.32 Å². The lowest BCUT2D eigenvalue weighted by Gasteiger charge is -2.25. The van der Waals surface area contributed by atoms with Gasteiger partial charge in [-0.05, 0) is 48.4 Å². The number of rotatable bonds is 9. The van der Waals surface area contributed by atoms with Crippen LogP contribution in [0.4, 0.5) is 10.1 Å². The van der Waals surface area contributed by atoms with Crippen LogP contribution in [0.3, 0.4) is 0 Å². The molecule has 1 atom stereocenters. The number of halogens is 1. The molecule has 39 heavy (non-hydrogen) atoms. The summed E-state index contributed by atoms with van der Waals surface area (Å²) < 4.78 is 26.8. The minimum Gasteiger partial charge on any atom is -0.454 e. The Morgan fingerprint density at radius 3 is 2.62 bits per heavy atom. The molecule has 0 spiro atoms. The summed E-state index contributed by atoms with van der Waals surface area (Å²) in [5.74, 6) is 0.0989. The van der Waals surface area contributed by atoms with Gasteiger partial charge in [0.1, 0.15) is 11.9 Å². The molecular formula is C30H30FN3O5. The molecule has 0 radical (unpaired) electrons. The molecule has 3 aromatic carbocycles. The number of benzene rings is 3. The number of fused-ring (bicyclic) bond motifs is 2. The van der Waals surface area contributed by atoms with Gasteiger partial charge in [-0.15, -0.1) is 0 Å². The van der Waals surface area contributed by atoms with E-state index in [1.165, 1.54) is 17.0 Å². The van der Waals surface area contributed by atoms with Crippen molar-refractivity contribution in [2.24, 2.45) is 0 Å². The molecule has 2 amide bonds. The second-order valence-corrected chi connectivity index (χ2v) is 9.52. The molecule has 0 saturated carbocycles. The molecule has 1 aliphatic rings. The van der Waals surface area contributed by atoms with Crippen molar-refractivity contribution in [3.63, 3.8) is 0 Å². The molecule has 0 unspecified atom stereocenters. The third-order valence-corrected chi connectivity index (χ3v) is 7.07. The van der Waals surface area contributed by atoms with E-state index in [0.29, 0.717) is 41.1 Å². The quantitative estimate of drug-likeness (QED) is 0.343. The van der Waals surface area contributed by atoms with Crippen LogP contribution in [-0.2, 0) is 29.0 Å². The van der Waals surface area contributed by atoms with E-state index < -0.39 is 11.9 Å². The summed E-state index contributed by atoms with van der Waals surface area (Å²) in [6, 6.07) is 18.3. The van der Waals surface area contributed by atoms with Gasteiger partial charge in [0.15, 0.2) is 11.5 Å². The highest BCUT2D eigenvalue weighted by Gasteiger charge is 2.27. The predicted octanol–water partition coefficient (Wildman–Crippen LogP) is 3.74. The smallest absolute Gasteiger partial charge is 0.249 e. The van der Waals surface area contributed by atoms with Crippen LogP contribution in [-0.4, -0.2) is 48.0 Å². The van der Waals surface area contributed by atoms with Crippen LogP contribution in [0.1, 0.15) is 16.8 Å². The highest BCUT2D eigenvalue weighted by molar-refractivity contribution is 6.00. The maximum Gasteiger partial charge on any atom is 0.249 e. The first kappa shape index (κ1) is 26.2. The van der Waals surface area contributed by atoms with Crippen LogP contribution in [0.15, 0.2) is 66.7 Å². The van der Waals surface area contributed by atoms with Crippen molar-refractivity contribution in [3.8, 4) is 11.5 Å². The normalized spacial score (nSPS) is 12.9. The zero-order chi connectivity index (χ0) is 27.5. The van der Waals surface area contributed by atoms with Gasteiger partial charge in [-0.2, -0.15) is 0 Å². The SMILES string of the molecule is Cc1c(CC(=O)N[C@@H](Cc2ccccc2)C(=O)N(C)c2ccc3c(c2)OCO3)c2cc(F)ccc2n1CCO. The fourth-order valence-corrected chi connectivity index (χ4v) is 5.05. The van der Waals surface area contributed by atoms with Gasteiger partial charge in [0, 0.05) is 48.4 Å². The Hall–Kier alpha value is -4.37. The second-order valence-electron chi connectivity index (χ2n) is 9.52. The molecule has 0 saturated heterocycles. The van der Waals surface area contributed by atoms with Crippen LogP contribution in [0.2, 0.25) is 0 Å². The number of hydrogen-bond donors (Lipinski definition) is 2. The van der Waals surface area contributed by atoms with Crippen molar-refractivity contribution in [1.82, 2.24) is 9.88 Å². The van der Waals surface area contributed by atoms with Crippen LogP contribution >= 0.6 is 0 Å². The van der Waals surface area contributed by atoms with Gasteiger partial charge < -0.3 is 29.4 Å². The number of aliphatic hydroxyl groups excluding tert-OH is 1. The number of hydrogen-bond acceptors (Lipinski definition) is 5. The van der Waals surface area contributed by atoms with Crippen LogP contribution < -0.4 is 19.7 Å². The lowest BCUT2D eigenvalue weighted by molar-refractivity contribution is -0.127. The lowest BCUT2D eigenvalue weighted by atomic mass is 10.0. The van der Waals surface area contributed by atoms with Crippen molar-refractivity contribution in [3.05, 3.63) is 89.4 Å². The highest BCUT2D eigenvalue weighted by atomic mass is 19.1. The molecule has 1 aromatic heterocycles. The molecular weight excluding hydrogens is 501 g/mol. The fraction of sp³-hybridized carbons (Fsp3) is 0.267. The van der Waals surface area contributed by atoms with E-state index >= 15 is 0 Å². The van der Waals surface area contributed by atoms with E-state index in [1.807, 2.05) is 41.8 Å². The summed E-state index contributed by atoms with van der Waals surface area (Å²) in [5.41, 5.74) is 3.67. The van der Waals surface area contributed by atoms with E-state index in [4.69, 9.17) is 9.47 Å². The molecule has 1 aliphatic heterocycles. The molecule has 2 heterocycles. The van der Waals surface area contributed by atoms with Crippen LogP contribution in [0.25, 0.3) is 10.9 Å². The minimum absolute atomic E-state index is 0.0451. The van der Waals surface area contributed by atoms with E-state index in [-0.39, 0.29) is 31.6 Å². The lowest BCUT2D eigenvalue weighted by Crippen LogP contribution is -2.49. The number of carbonyl (C=O) groups excluding carboxylic acids is 2. The Labute approximate surface area is 225 Å². The van der Waals surface area contributed by atoms with E-state index in [0.717, 1.165) is 16.8 Å². The molecule has 2 N–H and O–H groups in total. The van der Waals surface area contributed by atoms with Crippen molar-refractivity contribution in [1.29, 1.82) is 0 Å². The summed E-state index contributed by atoms with van der Waals surface area (Å²) >= 11 is 0. The molecule has 9 heteroatoms. The average molecular weight is 532 g/mol. The minimum atomic E-state index is -0.849. The van der Waals surface area contributed by atoms with Crippen molar-refractivity contribution >= 4 is 28.4 Å². The molecule has 0 fully saturated rings. The average Bonchev–Trinajstić information content (AvgIpc) is 3.51. The summed E-state index contributed by atoms with van der Waals surface area (Å²) in [5, 5.41) is 13.1. The van der Waals surface area contributed by atoms with E-state index in [9.17, 15) is 19.1 Å². The molecule has 4 aromatic rings. The van der Waals surface area contributed by atoms with Gasteiger partial charge in [-0.1, -0.05) is 30.3 Å². The number of anilines is 1. The van der Waals surface area contributed by atoms with Crippen molar-refractivity contribution < 1.29 is 28.6 Å². The van der Waals surface area contributed by atoms with Gasteiger partial charge in [-0.3, -0.25) is 9.59 Å². The Morgan fingerprint density at radius 1 is 1.08 bits per heavy atom. The van der Waals surface area contributed by atoms with Crippen LogP contribution in [0.5, 0.6) is 11.5 Å². The number of aromatic nitrogens is 1. The summed E-state index contributed by atoms with van der Waals surface area (Å²) in [6.45, 7) is 2.20. The Bertz CT molecular complexity index is 1520. The van der Waals surface area contributed by atoms with E-state index in [1.54, 1.807) is 31.3 Å². The first-order valence-electron chi connectivity index (χ1n) is 12.7. The third-order valence-electron chi connectivity index (χ3n) is 7.07. The Morgan fingerprint density at radius 2 is 1.85 bits per heavy atom. The maximum absolute atomic E-state index is 14.1. The van der Waals surface area contributed by atoms with Crippen molar-refractivity contribution in [2.75, 3.05) is 25.3 Å². The number of aliphatic hydroxyl groups is 1. The van der Waals surface area contributed by atoms with Crippen LogP contribution in [0, 0.1) is 12.7 Å². The number of amides is 2. The summed E-state index contributed by atoms with van der Waals surface area (Å²) in [6.07, 6.45) is 0.247. The molecule has 5 rings (SSSR count).